The first kappa shape index (κ1) is 33.3. The molecule has 0 radical (unpaired) electrons. The molecule has 42 heavy (non-hydrogen) atoms. The Balaban J connectivity index is 2.37. The number of carboxylic acid groups (broad SMARTS) is 1. The van der Waals surface area contributed by atoms with E-state index < -0.39 is 59.6 Å². The molecule has 0 fully saturated rings. The fourth-order valence-electron chi connectivity index (χ4n) is 3.53. The van der Waals surface area contributed by atoms with Gasteiger partial charge in [0.2, 0.25) is 5.91 Å². The largest absolute Gasteiger partial charge is 0.480 e. The van der Waals surface area contributed by atoms with Crippen molar-refractivity contribution in [3.8, 4) is 0 Å². The van der Waals surface area contributed by atoms with Crippen LogP contribution in [0.3, 0.4) is 0 Å². The van der Waals surface area contributed by atoms with Crippen LogP contribution in [0.2, 0.25) is 5.02 Å². The summed E-state index contributed by atoms with van der Waals surface area (Å²) in [5, 5.41) is 15.1. The highest BCUT2D eigenvalue weighted by molar-refractivity contribution is 6.33. The zero-order valence-corrected chi connectivity index (χ0v) is 24.1. The highest BCUT2D eigenvalue weighted by atomic mass is 35.5. The van der Waals surface area contributed by atoms with Crippen LogP contribution in [0.5, 0.6) is 0 Å². The maximum Gasteiger partial charge on any atom is 0.330 e. The van der Waals surface area contributed by atoms with E-state index in [0.717, 1.165) is 19.3 Å². The van der Waals surface area contributed by atoms with Crippen LogP contribution in [0.4, 0.5) is 5.69 Å². The molecule has 224 valence electrons. The van der Waals surface area contributed by atoms with Crippen LogP contribution in [-0.2, 0) is 28.7 Å². The van der Waals surface area contributed by atoms with Crippen LogP contribution in [0.1, 0.15) is 42.7 Å². The van der Waals surface area contributed by atoms with Gasteiger partial charge in [0, 0.05) is 17.7 Å². The number of anilines is 1. The standard InChI is InChI=1S/C28H32ClN5O8/c1-28(2,3)24(32-25(39)17-10-11-19(30)18(29)14-17)27(41)31-23(16-8-6-5-7-9-16)26(40)33-34(15-21(36)37)20(35)12-13-22(38)42-4/h5-14,23-24H,15,30H2,1-4H3,(H,31,41)(H,32,39)(H,33,40)(H,36,37)/b13-12+/t23?,24-/m1/s1. The Hall–Kier alpha value is -4.91. The summed E-state index contributed by atoms with van der Waals surface area (Å²) in [5.41, 5.74) is 7.76. The topological polar surface area (TPSA) is 197 Å². The fraction of sp³-hybridized carbons (Fsp3) is 0.286. The van der Waals surface area contributed by atoms with E-state index in [1.165, 1.54) is 30.3 Å². The van der Waals surface area contributed by atoms with Gasteiger partial charge in [-0.15, -0.1) is 0 Å². The Morgan fingerprint density at radius 1 is 1.00 bits per heavy atom. The third kappa shape index (κ3) is 9.63. The summed E-state index contributed by atoms with van der Waals surface area (Å²) in [6.45, 7) is 4.14. The normalized spacial score (nSPS) is 12.5. The molecule has 0 aromatic heterocycles. The Kier molecular flexibility index (Phi) is 11.6. The van der Waals surface area contributed by atoms with Crippen LogP contribution in [0.15, 0.2) is 60.7 Å². The lowest BCUT2D eigenvalue weighted by atomic mass is 9.85. The molecule has 0 aliphatic heterocycles. The number of rotatable bonds is 10. The minimum Gasteiger partial charge on any atom is -0.480 e. The highest BCUT2D eigenvalue weighted by Crippen LogP contribution is 2.24. The summed E-state index contributed by atoms with van der Waals surface area (Å²) in [5.74, 6) is -5.73. The first-order valence-corrected chi connectivity index (χ1v) is 12.8. The number of ether oxygens (including phenoxy) is 1. The van der Waals surface area contributed by atoms with Gasteiger partial charge in [-0.25, -0.2) is 9.80 Å². The van der Waals surface area contributed by atoms with Crippen molar-refractivity contribution in [1.82, 2.24) is 21.1 Å². The monoisotopic (exact) mass is 601 g/mol. The molecule has 0 aliphatic rings. The van der Waals surface area contributed by atoms with Gasteiger partial charge in [0.05, 0.1) is 17.8 Å². The molecule has 0 heterocycles. The number of nitrogens with two attached hydrogens (primary N) is 1. The van der Waals surface area contributed by atoms with Gasteiger partial charge in [-0.05, 0) is 29.2 Å². The second kappa shape index (κ2) is 14.6. The maximum atomic E-state index is 13.6. The number of hydrogen-bond acceptors (Lipinski definition) is 8. The van der Waals surface area contributed by atoms with Gasteiger partial charge in [-0.3, -0.25) is 29.4 Å². The molecule has 1 unspecified atom stereocenters. The van der Waals surface area contributed by atoms with E-state index in [9.17, 15) is 33.9 Å². The number of carbonyl (C=O) groups is 6. The van der Waals surface area contributed by atoms with E-state index in [1.807, 2.05) is 0 Å². The predicted octanol–water partition coefficient (Wildman–Crippen LogP) is 1.60. The molecular formula is C28H32ClN5O8. The number of carbonyl (C=O) groups excluding carboxylic acids is 5. The summed E-state index contributed by atoms with van der Waals surface area (Å²) in [4.78, 5) is 75.3. The predicted molar refractivity (Wildman–Crippen MR) is 153 cm³/mol. The minimum atomic E-state index is -1.46. The second-order valence-electron chi connectivity index (χ2n) is 10.0. The number of nitrogens with zero attached hydrogens (tertiary/aromatic N) is 1. The molecule has 0 bridgehead atoms. The van der Waals surface area contributed by atoms with Gasteiger partial charge >= 0.3 is 11.9 Å². The second-order valence-corrected chi connectivity index (χ2v) is 10.4. The van der Waals surface area contributed by atoms with Crippen molar-refractivity contribution >= 4 is 52.9 Å². The third-order valence-electron chi connectivity index (χ3n) is 5.72. The van der Waals surface area contributed by atoms with Gasteiger partial charge in [0.15, 0.2) is 0 Å². The zero-order valence-electron chi connectivity index (χ0n) is 23.3. The summed E-state index contributed by atoms with van der Waals surface area (Å²) in [6.07, 6.45) is 1.48. The molecule has 0 saturated heterocycles. The molecule has 2 aromatic rings. The molecule has 2 aromatic carbocycles. The fourth-order valence-corrected chi connectivity index (χ4v) is 3.71. The van der Waals surface area contributed by atoms with Crippen molar-refractivity contribution in [2.45, 2.75) is 32.9 Å². The molecule has 6 N–H and O–H groups in total. The summed E-state index contributed by atoms with van der Waals surface area (Å²) in [7, 11) is 1.08. The number of hydrazine groups is 1. The maximum absolute atomic E-state index is 13.6. The van der Waals surface area contributed by atoms with Crippen molar-refractivity contribution in [2.24, 2.45) is 5.41 Å². The molecule has 14 heteroatoms. The van der Waals surface area contributed by atoms with E-state index in [4.69, 9.17) is 17.3 Å². The lowest BCUT2D eigenvalue weighted by Gasteiger charge is -2.32. The van der Waals surface area contributed by atoms with Crippen LogP contribution >= 0.6 is 11.6 Å². The van der Waals surface area contributed by atoms with Crippen LogP contribution in [0.25, 0.3) is 0 Å². The molecule has 0 saturated carbocycles. The number of aliphatic carboxylic acids is 1. The zero-order chi connectivity index (χ0) is 31.6. The Morgan fingerprint density at radius 3 is 2.19 bits per heavy atom. The van der Waals surface area contributed by atoms with Gasteiger partial charge < -0.3 is 26.2 Å². The smallest absolute Gasteiger partial charge is 0.330 e. The number of halogens is 1. The van der Waals surface area contributed by atoms with Gasteiger partial charge in [0.1, 0.15) is 18.6 Å². The van der Waals surface area contributed by atoms with E-state index in [-0.39, 0.29) is 16.3 Å². The average Bonchev–Trinajstić information content (AvgIpc) is 2.93. The van der Waals surface area contributed by atoms with Gasteiger partial charge in [-0.2, -0.15) is 0 Å². The Morgan fingerprint density at radius 2 is 1.64 bits per heavy atom. The number of methoxy groups -OCH3 is 1. The molecule has 13 nitrogen and oxygen atoms in total. The van der Waals surface area contributed by atoms with Crippen molar-refractivity contribution in [1.29, 1.82) is 0 Å². The van der Waals surface area contributed by atoms with Crippen molar-refractivity contribution in [3.63, 3.8) is 0 Å². The van der Waals surface area contributed by atoms with E-state index in [1.54, 1.807) is 39.0 Å². The highest BCUT2D eigenvalue weighted by Gasteiger charge is 2.36. The van der Waals surface area contributed by atoms with E-state index in [2.05, 4.69) is 20.8 Å². The average molecular weight is 602 g/mol. The summed E-state index contributed by atoms with van der Waals surface area (Å²) >= 11 is 6.04. The van der Waals surface area contributed by atoms with Gasteiger partial charge in [-0.1, -0.05) is 62.7 Å². The van der Waals surface area contributed by atoms with Crippen molar-refractivity contribution in [2.75, 3.05) is 19.4 Å². The lowest BCUT2D eigenvalue weighted by molar-refractivity contribution is -0.148. The van der Waals surface area contributed by atoms with Crippen molar-refractivity contribution < 1.29 is 38.6 Å². The number of hydrogen-bond donors (Lipinski definition) is 5. The first-order chi connectivity index (χ1) is 19.6. The van der Waals surface area contributed by atoms with E-state index in [0.29, 0.717) is 10.6 Å². The number of nitrogens with one attached hydrogen (secondary N) is 3. The lowest BCUT2D eigenvalue weighted by Crippen LogP contribution is -2.57. The molecule has 2 atom stereocenters. The number of esters is 1. The first-order valence-electron chi connectivity index (χ1n) is 12.4. The molecule has 0 spiro atoms. The van der Waals surface area contributed by atoms with Crippen LogP contribution in [-0.4, -0.2) is 65.4 Å². The third-order valence-corrected chi connectivity index (χ3v) is 6.04. The molecular weight excluding hydrogens is 570 g/mol. The summed E-state index contributed by atoms with van der Waals surface area (Å²) in [6, 6.07) is 9.60. The number of carboxylic acids is 1. The number of amides is 4. The van der Waals surface area contributed by atoms with Crippen molar-refractivity contribution in [3.05, 3.63) is 76.8 Å². The minimum absolute atomic E-state index is 0.149. The SMILES string of the molecule is COC(=O)/C=C/C(=O)N(CC(=O)O)NC(=O)C(NC(=O)[C@@H](NC(=O)c1ccc(N)c(Cl)c1)C(C)(C)C)c1ccccc1. The number of benzene rings is 2. The summed E-state index contributed by atoms with van der Waals surface area (Å²) < 4.78 is 4.41. The van der Waals surface area contributed by atoms with Gasteiger partial charge in [0.25, 0.3) is 17.7 Å². The number of nitrogen functional groups attached to an aromatic ring is 1. The molecule has 0 aliphatic carbocycles. The van der Waals surface area contributed by atoms with Crippen LogP contribution < -0.4 is 21.8 Å². The molecule has 2 rings (SSSR count). The Bertz CT molecular complexity index is 1370. The van der Waals surface area contributed by atoms with Crippen LogP contribution in [0, 0.1) is 5.41 Å². The Labute approximate surface area is 247 Å². The van der Waals surface area contributed by atoms with E-state index >= 15 is 0 Å². The molecule has 4 amide bonds. The quantitative estimate of drug-likeness (QED) is 0.116.